The quantitative estimate of drug-likeness (QED) is 0.270. The zero-order chi connectivity index (χ0) is 31.1. The van der Waals surface area contributed by atoms with Gasteiger partial charge in [-0.1, -0.05) is 17.7 Å². The molecule has 5 rings (SSSR count). The van der Waals surface area contributed by atoms with Crippen LogP contribution in [0.2, 0.25) is 0 Å². The van der Waals surface area contributed by atoms with Crippen LogP contribution < -0.4 is 0 Å². The minimum Gasteiger partial charge on any atom is -0.428 e. The van der Waals surface area contributed by atoms with Gasteiger partial charge in [0.15, 0.2) is 5.78 Å². The van der Waals surface area contributed by atoms with Crippen LogP contribution in [0.25, 0.3) is 5.57 Å². The van der Waals surface area contributed by atoms with E-state index < -0.39 is 71.2 Å². The highest BCUT2D eigenvalue weighted by Gasteiger charge is 2.64. The lowest BCUT2D eigenvalue weighted by molar-refractivity contribution is -0.150. The van der Waals surface area contributed by atoms with E-state index in [1.807, 2.05) is 19.1 Å². The summed E-state index contributed by atoms with van der Waals surface area (Å²) in [6, 6.07) is 4.90. The van der Waals surface area contributed by atoms with Gasteiger partial charge in [0, 0.05) is 5.92 Å². The Bertz CT molecular complexity index is 1450. The van der Waals surface area contributed by atoms with E-state index in [1.165, 1.54) is 0 Å². The fourth-order valence-electron chi connectivity index (χ4n) is 6.52. The Labute approximate surface area is 238 Å². The van der Waals surface area contributed by atoms with Gasteiger partial charge < -0.3 is 14.2 Å². The number of Topliss-reactive ketones (excluding diaryl/α,β-unsaturated/α-hetero) is 1. The number of carbonyl (C=O) groups is 2. The molecule has 0 amide bonds. The number of pyridine rings is 1. The smallest absolute Gasteiger partial charge is 0.428 e. The minimum atomic E-state index is -5.12. The molecule has 0 spiro atoms. The number of hydrogen-bond acceptors (Lipinski definition) is 6. The SMILES string of the molecule is Cc1cc(C)c(C2=C(OC(=O)OC(C)(C)C)[C@H]3C4CC(c5cc(C(F)(F)F)nc(C(F)(F)F)c5)C(O4)[C@H]3C2=O)c(C)c1. The Balaban J connectivity index is 1.59. The van der Waals surface area contributed by atoms with Crippen molar-refractivity contribution in [2.24, 2.45) is 11.8 Å². The molecule has 0 saturated carbocycles. The van der Waals surface area contributed by atoms with E-state index in [4.69, 9.17) is 14.2 Å². The van der Waals surface area contributed by atoms with Crippen LogP contribution >= 0.6 is 0 Å². The van der Waals surface area contributed by atoms with Crippen molar-refractivity contribution in [3.8, 4) is 0 Å². The summed E-state index contributed by atoms with van der Waals surface area (Å²) in [7, 11) is 0. The molecule has 2 aliphatic heterocycles. The first-order chi connectivity index (χ1) is 19.3. The van der Waals surface area contributed by atoms with Crippen molar-refractivity contribution >= 4 is 17.5 Å². The van der Waals surface area contributed by atoms with Crippen LogP contribution in [-0.2, 0) is 31.4 Å². The molecule has 3 aliphatic rings. The van der Waals surface area contributed by atoms with E-state index in [0.717, 1.165) is 16.7 Å². The van der Waals surface area contributed by atoms with Gasteiger partial charge >= 0.3 is 18.5 Å². The van der Waals surface area contributed by atoms with Gasteiger partial charge in [0.2, 0.25) is 0 Å². The van der Waals surface area contributed by atoms with Crippen LogP contribution in [0.5, 0.6) is 0 Å². The third-order valence-electron chi connectivity index (χ3n) is 7.82. The molecule has 3 heterocycles. The van der Waals surface area contributed by atoms with Gasteiger partial charge in [-0.15, -0.1) is 0 Å². The van der Waals surface area contributed by atoms with E-state index in [1.54, 1.807) is 34.6 Å². The predicted octanol–water partition coefficient (Wildman–Crippen LogP) is 7.48. The molecule has 2 bridgehead atoms. The van der Waals surface area contributed by atoms with Gasteiger partial charge in [-0.3, -0.25) is 4.79 Å². The summed E-state index contributed by atoms with van der Waals surface area (Å²) >= 11 is 0. The first kappa shape index (κ1) is 30.1. The second-order valence-corrected chi connectivity index (χ2v) is 12.1. The summed E-state index contributed by atoms with van der Waals surface area (Å²) in [4.78, 5) is 29.8. The Hall–Kier alpha value is -3.41. The molecule has 5 atom stereocenters. The molecule has 1 aromatic carbocycles. The van der Waals surface area contributed by atoms with Crippen molar-refractivity contribution in [1.82, 2.24) is 4.98 Å². The van der Waals surface area contributed by atoms with E-state index >= 15 is 0 Å². The van der Waals surface area contributed by atoms with E-state index in [9.17, 15) is 35.9 Å². The van der Waals surface area contributed by atoms with Crippen molar-refractivity contribution in [2.75, 3.05) is 0 Å². The van der Waals surface area contributed by atoms with Crippen LogP contribution in [0.15, 0.2) is 30.0 Å². The van der Waals surface area contributed by atoms with Crippen molar-refractivity contribution in [2.45, 2.75) is 84.0 Å². The molecule has 0 radical (unpaired) electrons. The van der Waals surface area contributed by atoms with E-state index in [-0.39, 0.29) is 23.3 Å². The van der Waals surface area contributed by atoms with Crippen molar-refractivity contribution in [3.05, 3.63) is 69.2 Å². The van der Waals surface area contributed by atoms with Crippen molar-refractivity contribution < 1.29 is 50.1 Å². The predicted molar refractivity (Wildman–Crippen MR) is 137 cm³/mol. The van der Waals surface area contributed by atoms with Crippen LogP contribution in [0.1, 0.15) is 72.3 Å². The third kappa shape index (κ3) is 5.29. The highest BCUT2D eigenvalue weighted by atomic mass is 19.4. The largest absolute Gasteiger partial charge is 0.514 e. The second-order valence-electron chi connectivity index (χ2n) is 12.1. The van der Waals surface area contributed by atoms with Crippen LogP contribution in [-0.4, -0.2) is 34.7 Å². The molecule has 42 heavy (non-hydrogen) atoms. The molecule has 1 aliphatic carbocycles. The number of fused-ring (bicyclic) bond motifs is 5. The molecule has 226 valence electrons. The first-order valence-electron chi connectivity index (χ1n) is 13.4. The van der Waals surface area contributed by atoms with Gasteiger partial charge in [-0.25, -0.2) is 9.78 Å². The lowest BCUT2D eigenvalue weighted by Crippen LogP contribution is -2.35. The summed E-state index contributed by atoms with van der Waals surface area (Å²) in [6.07, 6.45) is -13.1. The highest BCUT2D eigenvalue weighted by Crippen LogP contribution is 2.59. The van der Waals surface area contributed by atoms with E-state index in [2.05, 4.69) is 4.98 Å². The number of halogens is 6. The summed E-state index contributed by atoms with van der Waals surface area (Å²) in [6.45, 7) is 10.4. The average molecular weight is 598 g/mol. The Morgan fingerprint density at radius 1 is 0.905 bits per heavy atom. The van der Waals surface area contributed by atoms with Gasteiger partial charge in [-0.2, -0.15) is 26.3 Å². The zero-order valence-electron chi connectivity index (χ0n) is 23.7. The number of nitrogens with zero attached hydrogens (tertiary/aromatic N) is 1. The summed E-state index contributed by atoms with van der Waals surface area (Å²) in [5, 5.41) is 0. The number of carbonyl (C=O) groups excluding carboxylic acids is 2. The minimum absolute atomic E-state index is 0.0119. The van der Waals surface area contributed by atoms with Gasteiger partial charge in [0.1, 0.15) is 22.7 Å². The molecule has 2 aromatic rings. The van der Waals surface area contributed by atoms with Crippen LogP contribution in [0.3, 0.4) is 0 Å². The maximum atomic E-state index is 14.1. The number of benzene rings is 1. The number of hydrogen-bond donors (Lipinski definition) is 0. The van der Waals surface area contributed by atoms with Crippen molar-refractivity contribution in [1.29, 1.82) is 0 Å². The number of aromatic nitrogens is 1. The molecule has 3 unspecified atom stereocenters. The number of alkyl halides is 6. The molecule has 2 fully saturated rings. The standard InChI is InChI=1S/C30H29F6NO5/c1-12-7-13(2)20(14(3)8-12)22-24(38)23-21(26(22)41-27(39)42-28(4,5)6)17-11-16(25(23)40-17)15-9-18(29(31,32)33)37-19(10-15)30(34,35)36/h7-10,16-17,21,23,25H,11H2,1-6H3/t16?,17?,21-,23+,25?/m0/s1. The fraction of sp³-hybridized carbons (Fsp3) is 0.500. The maximum Gasteiger partial charge on any atom is 0.514 e. The third-order valence-corrected chi connectivity index (χ3v) is 7.82. The molecule has 6 nitrogen and oxygen atoms in total. The number of aryl methyl sites for hydroxylation is 3. The Morgan fingerprint density at radius 3 is 1.95 bits per heavy atom. The lowest BCUT2D eigenvalue weighted by atomic mass is 9.72. The number of rotatable bonds is 3. The lowest BCUT2D eigenvalue weighted by Gasteiger charge is -2.29. The molecular weight excluding hydrogens is 568 g/mol. The van der Waals surface area contributed by atoms with Gasteiger partial charge in [-0.05, 0) is 82.3 Å². The fourth-order valence-corrected chi connectivity index (χ4v) is 6.52. The van der Waals surface area contributed by atoms with Crippen LogP contribution in [0, 0.1) is 32.6 Å². The highest BCUT2D eigenvalue weighted by molar-refractivity contribution is 6.26. The normalized spacial score (nSPS) is 25.7. The molecule has 2 saturated heterocycles. The van der Waals surface area contributed by atoms with Gasteiger partial charge in [0.25, 0.3) is 0 Å². The molecule has 0 N–H and O–H groups in total. The number of allylic oxidation sites excluding steroid dienone is 1. The summed E-state index contributed by atoms with van der Waals surface area (Å²) < 4.78 is 98.3. The monoisotopic (exact) mass is 597 g/mol. The Morgan fingerprint density at radius 2 is 1.45 bits per heavy atom. The Kier molecular flexibility index (Phi) is 7.03. The summed E-state index contributed by atoms with van der Waals surface area (Å²) in [5.74, 6) is -3.12. The first-order valence-corrected chi connectivity index (χ1v) is 13.4. The topological polar surface area (TPSA) is 74.7 Å². The van der Waals surface area contributed by atoms with E-state index in [0.29, 0.717) is 17.7 Å². The maximum absolute atomic E-state index is 14.1. The van der Waals surface area contributed by atoms with Gasteiger partial charge in [0.05, 0.1) is 29.6 Å². The molecular formula is C30H29F6NO5. The number of ketones is 1. The summed E-state index contributed by atoms with van der Waals surface area (Å²) in [5.41, 5.74) is -1.41. The molecule has 12 heteroatoms. The zero-order valence-corrected chi connectivity index (χ0v) is 23.7. The number of ether oxygens (including phenoxy) is 3. The second kappa shape index (κ2) is 9.82. The average Bonchev–Trinajstić information content (AvgIpc) is 3.48. The van der Waals surface area contributed by atoms with Crippen molar-refractivity contribution in [3.63, 3.8) is 0 Å². The van der Waals surface area contributed by atoms with Crippen LogP contribution in [0.4, 0.5) is 31.1 Å². The molecule has 1 aromatic heterocycles.